The number of hydrogen-bond donors (Lipinski definition) is 0. The van der Waals surface area contributed by atoms with Crippen molar-refractivity contribution in [3.05, 3.63) is 39.9 Å². The zero-order chi connectivity index (χ0) is 22.0. The molecule has 9 heteroatoms. The highest BCUT2D eigenvalue weighted by Crippen LogP contribution is 2.60. The molecule has 0 N–H and O–H groups in total. The normalized spacial score (nSPS) is 43.6. The molecule has 4 heterocycles. The van der Waals surface area contributed by atoms with E-state index in [2.05, 4.69) is 6.92 Å². The number of non-ortho nitro benzene ring substituents is 1. The Bertz CT molecular complexity index is 890. The number of ether oxygens (including phenoxy) is 3. The van der Waals surface area contributed by atoms with Crippen molar-refractivity contribution in [1.82, 2.24) is 0 Å². The molecule has 5 aliphatic rings. The monoisotopic (exact) mass is 433 g/mol. The van der Waals surface area contributed by atoms with Crippen molar-refractivity contribution < 1.29 is 33.7 Å². The Hall–Kier alpha value is -2.07. The van der Waals surface area contributed by atoms with Gasteiger partial charge in [0.05, 0.1) is 10.5 Å². The number of rotatable bonds is 3. The Labute approximate surface area is 180 Å². The Morgan fingerprint density at radius 1 is 1.13 bits per heavy atom. The van der Waals surface area contributed by atoms with Crippen LogP contribution in [0, 0.1) is 33.8 Å². The maximum atomic E-state index is 12.7. The van der Waals surface area contributed by atoms with Gasteiger partial charge in [0.15, 0.2) is 11.9 Å². The summed E-state index contributed by atoms with van der Waals surface area (Å²) in [4.78, 5) is 34.9. The van der Waals surface area contributed by atoms with Crippen LogP contribution in [-0.4, -0.2) is 34.9 Å². The summed E-state index contributed by atoms with van der Waals surface area (Å²) < 4.78 is 18.2. The summed E-state index contributed by atoms with van der Waals surface area (Å²) in [6.45, 7) is 6.08. The highest BCUT2D eigenvalue weighted by atomic mass is 17.3. The van der Waals surface area contributed by atoms with Crippen LogP contribution in [0.2, 0.25) is 0 Å². The van der Waals surface area contributed by atoms with E-state index in [1.165, 1.54) is 24.3 Å². The summed E-state index contributed by atoms with van der Waals surface area (Å²) >= 11 is 0. The van der Waals surface area contributed by atoms with Crippen LogP contribution in [0.1, 0.15) is 56.8 Å². The smallest absolute Gasteiger partial charge is 0.340 e. The number of nitrogens with zero attached hydrogens (tertiary/aromatic N) is 1. The van der Waals surface area contributed by atoms with Crippen LogP contribution in [-0.2, 0) is 24.0 Å². The number of nitro benzene ring substituents is 1. The third kappa shape index (κ3) is 3.17. The van der Waals surface area contributed by atoms with Crippen molar-refractivity contribution in [2.24, 2.45) is 23.7 Å². The van der Waals surface area contributed by atoms with Crippen LogP contribution < -0.4 is 0 Å². The fourth-order valence-corrected chi connectivity index (χ4v) is 5.90. The number of fused-ring (bicyclic) bond motifs is 2. The zero-order valence-corrected chi connectivity index (χ0v) is 17.8. The molecule has 4 saturated heterocycles. The highest BCUT2D eigenvalue weighted by Gasteiger charge is 2.69. The van der Waals surface area contributed by atoms with Crippen LogP contribution in [0.25, 0.3) is 0 Å². The second-order valence-corrected chi connectivity index (χ2v) is 9.48. The van der Waals surface area contributed by atoms with Crippen molar-refractivity contribution in [2.75, 3.05) is 0 Å². The lowest BCUT2D eigenvalue weighted by molar-refractivity contribution is -0.576. The summed E-state index contributed by atoms with van der Waals surface area (Å²) in [6, 6.07) is 5.33. The first-order chi connectivity index (χ1) is 14.7. The van der Waals surface area contributed by atoms with Crippen LogP contribution >= 0.6 is 0 Å². The van der Waals surface area contributed by atoms with E-state index in [9.17, 15) is 14.9 Å². The topological polar surface area (TPSA) is 106 Å². The predicted octanol–water partition coefficient (Wildman–Crippen LogP) is 3.96. The molecule has 0 amide bonds. The van der Waals surface area contributed by atoms with E-state index in [1.54, 1.807) is 0 Å². The van der Waals surface area contributed by atoms with Gasteiger partial charge in [-0.15, -0.1) is 0 Å². The lowest BCUT2D eigenvalue weighted by atomic mass is 9.58. The van der Waals surface area contributed by atoms with Gasteiger partial charge in [-0.2, -0.15) is 0 Å². The van der Waals surface area contributed by atoms with Crippen molar-refractivity contribution in [2.45, 2.75) is 70.4 Å². The van der Waals surface area contributed by atoms with Gasteiger partial charge in [-0.1, -0.05) is 13.8 Å². The van der Waals surface area contributed by atoms with Gasteiger partial charge in [0.2, 0.25) is 12.1 Å². The fourth-order valence-electron chi connectivity index (χ4n) is 5.90. The van der Waals surface area contributed by atoms with Gasteiger partial charge in [0.25, 0.3) is 5.69 Å². The van der Waals surface area contributed by atoms with Gasteiger partial charge in [-0.25, -0.2) is 14.6 Å². The standard InChI is InChI=1S/C22H27NO8/c1-12-4-9-17-13(2)19(27-18(24)14-5-7-15(8-6-14)23(25)26)28-20-22(17)16(12)10-11-21(3,29-20)30-31-22/h5-8,12-13,16-17,19-20H,4,9-11H2,1-3H3/t12-,13-,16+,17+,19-,20-,21-,22-/m1/s1. The molecule has 6 rings (SSSR count). The van der Waals surface area contributed by atoms with Crippen LogP contribution in [0.3, 0.4) is 0 Å². The zero-order valence-electron chi connectivity index (χ0n) is 17.8. The minimum Gasteiger partial charge on any atom is -0.432 e. The summed E-state index contributed by atoms with van der Waals surface area (Å²) in [7, 11) is 0. The summed E-state index contributed by atoms with van der Waals surface area (Å²) in [6.07, 6.45) is 2.07. The van der Waals surface area contributed by atoms with Crippen LogP contribution in [0.15, 0.2) is 24.3 Å². The van der Waals surface area contributed by atoms with Crippen molar-refractivity contribution in [3.8, 4) is 0 Å². The molecule has 0 aromatic heterocycles. The van der Waals surface area contributed by atoms with Crippen molar-refractivity contribution in [3.63, 3.8) is 0 Å². The van der Waals surface area contributed by atoms with E-state index >= 15 is 0 Å². The molecule has 168 valence electrons. The third-order valence-corrected chi connectivity index (χ3v) is 7.63. The van der Waals surface area contributed by atoms with Crippen LogP contribution in [0.5, 0.6) is 0 Å². The van der Waals surface area contributed by atoms with E-state index < -0.39 is 34.9 Å². The first-order valence-corrected chi connectivity index (χ1v) is 10.9. The molecule has 1 aliphatic carbocycles. The van der Waals surface area contributed by atoms with Crippen molar-refractivity contribution >= 4 is 11.7 Å². The molecule has 1 aromatic rings. The Morgan fingerprint density at radius 3 is 2.58 bits per heavy atom. The van der Waals surface area contributed by atoms with Gasteiger partial charge in [-0.05, 0) is 50.2 Å². The second-order valence-electron chi connectivity index (χ2n) is 9.48. The lowest BCUT2D eigenvalue weighted by Crippen LogP contribution is -2.70. The van der Waals surface area contributed by atoms with E-state index in [0.29, 0.717) is 12.3 Å². The quantitative estimate of drug-likeness (QED) is 0.305. The first kappa shape index (κ1) is 20.8. The lowest BCUT2D eigenvalue weighted by Gasteiger charge is -2.59. The second kappa shape index (κ2) is 7.23. The molecule has 1 aromatic carbocycles. The van der Waals surface area contributed by atoms with Gasteiger partial charge in [0, 0.05) is 30.4 Å². The molecule has 0 radical (unpaired) electrons. The van der Waals surface area contributed by atoms with Gasteiger partial charge < -0.3 is 14.2 Å². The van der Waals surface area contributed by atoms with Crippen LogP contribution in [0.4, 0.5) is 5.69 Å². The van der Waals surface area contributed by atoms with Gasteiger partial charge in [-0.3, -0.25) is 10.1 Å². The van der Waals surface area contributed by atoms with E-state index in [4.69, 9.17) is 24.0 Å². The number of esters is 1. The molecular formula is C22H27NO8. The molecule has 1 spiro atoms. The van der Waals surface area contributed by atoms with E-state index in [0.717, 1.165) is 19.3 Å². The largest absolute Gasteiger partial charge is 0.432 e. The van der Waals surface area contributed by atoms with E-state index in [-0.39, 0.29) is 29.0 Å². The number of nitro groups is 1. The summed E-state index contributed by atoms with van der Waals surface area (Å²) in [5.74, 6) is -0.903. The Balaban J connectivity index is 1.40. The molecule has 4 aliphatic heterocycles. The Kier molecular flexibility index (Phi) is 4.85. The van der Waals surface area contributed by atoms with Gasteiger partial charge >= 0.3 is 5.97 Å². The summed E-state index contributed by atoms with van der Waals surface area (Å²) in [5, 5.41) is 10.8. The molecular weight excluding hydrogens is 406 g/mol. The molecule has 8 atom stereocenters. The minimum absolute atomic E-state index is 0.0461. The maximum absolute atomic E-state index is 12.7. The number of carbonyl (C=O) groups is 1. The highest BCUT2D eigenvalue weighted by molar-refractivity contribution is 5.89. The number of carbonyl (C=O) groups excluding carboxylic acids is 1. The minimum atomic E-state index is -0.898. The van der Waals surface area contributed by atoms with Crippen molar-refractivity contribution in [1.29, 1.82) is 0 Å². The number of hydrogen-bond acceptors (Lipinski definition) is 8. The number of benzene rings is 1. The summed E-state index contributed by atoms with van der Waals surface area (Å²) in [5.41, 5.74) is -0.577. The molecule has 31 heavy (non-hydrogen) atoms. The Morgan fingerprint density at radius 2 is 1.87 bits per heavy atom. The SMILES string of the molecule is C[C@H]1[C@H](OC(=O)c2ccc([N+](=O)[O-])cc2)O[C@@H]2O[C@@]3(C)CC[C@H]4[C@H](C)CC[C@@H]1[C@@]24OO3. The fraction of sp³-hybridized carbons (Fsp3) is 0.682. The third-order valence-electron chi connectivity index (χ3n) is 7.63. The molecule has 0 unspecified atom stereocenters. The average molecular weight is 433 g/mol. The molecule has 5 fully saturated rings. The average Bonchev–Trinajstić information content (AvgIpc) is 2.98. The first-order valence-electron chi connectivity index (χ1n) is 10.9. The maximum Gasteiger partial charge on any atom is 0.340 e. The molecule has 1 saturated carbocycles. The predicted molar refractivity (Wildman–Crippen MR) is 105 cm³/mol. The van der Waals surface area contributed by atoms with E-state index in [1.807, 2.05) is 13.8 Å². The molecule has 9 nitrogen and oxygen atoms in total. The molecule has 2 bridgehead atoms. The van der Waals surface area contributed by atoms with Gasteiger partial charge in [0.1, 0.15) is 0 Å².